The number of nitrogens with one attached hydrogen (secondary N) is 1. The lowest BCUT2D eigenvalue weighted by Gasteiger charge is -2.30. The van der Waals surface area contributed by atoms with Gasteiger partial charge in [-0.3, -0.25) is 14.7 Å². The molecular formula is C15H18N4O3. The first-order valence-corrected chi connectivity index (χ1v) is 7.71. The normalized spacial score (nSPS) is 19.1. The number of nitrogens with zero attached hydrogens (tertiary/aromatic N) is 3. The summed E-state index contributed by atoms with van der Waals surface area (Å²) in [5.41, 5.74) is 2.10. The molecule has 0 aromatic carbocycles. The summed E-state index contributed by atoms with van der Waals surface area (Å²) in [5, 5.41) is 3.04. The van der Waals surface area contributed by atoms with Crippen LogP contribution >= 0.6 is 0 Å². The van der Waals surface area contributed by atoms with Crippen molar-refractivity contribution in [1.82, 2.24) is 19.5 Å². The fraction of sp³-hybridized carbons (Fsp3) is 0.533. The Morgan fingerprint density at radius 2 is 2.14 bits per heavy atom. The zero-order valence-electron chi connectivity index (χ0n) is 12.5. The van der Waals surface area contributed by atoms with Gasteiger partial charge in [0.05, 0.1) is 12.1 Å². The van der Waals surface area contributed by atoms with E-state index in [0.29, 0.717) is 36.7 Å². The van der Waals surface area contributed by atoms with Gasteiger partial charge in [-0.05, 0) is 19.3 Å². The topological polar surface area (TPSA) is 79.7 Å². The summed E-state index contributed by atoms with van der Waals surface area (Å²) in [6.07, 6.45) is 2.42. The number of carbonyl (C=O) groups is 1. The Morgan fingerprint density at radius 3 is 2.86 bits per heavy atom. The third-order valence-electron chi connectivity index (χ3n) is 4.57. The van der Waals surface area contributed by atoms with Gasteiger partial charge in [0.25, 0.3) is 11.5 Å². The van der Waals surface area contributed by atoms with Gasteiger partial charge in [-0.1, -0.05) is 6.92 Å². The van der Waals surface area contributed by atoms with Crippen molar-refractivity contribution >= 4 is 11.6 Å². The minimum Gasteiger partial charge on any atom is -0.381 e. The molecule has 0 aliphatic carbocycles. The summed E-state index contributed by atoms with van der Waals surface area (Å²) in [6, 6.07) is 1.97. The van der Waals surface area contributed by atoms with Gasteiger partial charge in [0.2, 0.25) is 0 Å². The van der Waals surface area contributed by atoms with Crippen molar-refractivity contribution in [3.63, 3.8) is 0 Å². The summed E-state index contributed by atoms with van der Waals surface area (Å²) in [4.78, 5) is 31.4. The van der Waals surface area contributed by atoms with E-state index in [-0.39, 0.29) is 17.5 Å². The average Bonchev–Trinajstić information content (AvgIpc) is 3.11. The van der Waals surface area contributed by atoms with E-state index < -0.39 is 0 Å². The summed E-state index contributed by atoms with van der Waals surface area (Å²) in [6.45, 7) is 3.69. The third kappa shape index (κ3) is 1.89. The molecule has 1 saturated heterocycles. The first-order valence-electron chi connectivity index (χ1n) is 7.71. The van der Waals surface area contributed by atoms with E-state index in [2.05, 4.69) is 10.1 Å². The molecule has 4 heterocycles. The number of aromatic nitrogens is 3. The molecule has 116 valence electrons. The van der Waals surface area contributed by atoms with Crippen LogP contribution in [0.4, 0.5) is 0 Å². The van der Waals surface area contributed by atoms with Gasteiger partial charge in [0.15, 0.2) is 5.65 Å². The van der Waals surface area contributed by atoms with Crippen molar-refractivity contribution < 1.29 is 9.53 Å². The van der Waals surface area contributed by atoms with Gasteiger partial charge >= 0.3 is 0 Å². The zero-order valence-corrected chi connectivity index (χ0v) is 12.5. The Morgan fingerprint density at radius 1 is 1.36 bits per heavy atom. The molecule has 0 unspecified atom stereocenters. The monoisotopic (exact) mass is 302 g/mol. The minimum absolute atomic E-state index is 0.124. The second-order valence-electron chi connectivity index (χ2n) is 5.85. The summed E-state index contributed by atoms with van der Waals surface area (Å²) in [7, 11) is 0. The van der Waals surface area contributed by atoms with Crippen LogP contribution in [0.15, 0.2) is 10.9 Å². The van der Waals surface area contributed by atoms with E-state index in [4.69, 9.17) is 4.74 Å². The van der Waals surface area contributed by atoms with E-state index in [0.717, 1.165) is 25.0 Å². The number of hydrogen-bond acceptors (Lipinski definition) is 4. The number of rotatable bonds is 2. The molecule has 0 saturated carbocycles. The van der Waals surface area contributed by atoms with Gasteiger partial charge in [-0.2, -0.15) is 0 Å². The molecule has 0 atom stereocenters. The maximum absolute atomic E-state index is 12.6. The number of aryl methyl sites for hydroxylation is 1. The third-order valence-corrected chi connectivity index (χ3v) is 4.57. The lowest BCUT2D eigenvalue weighted by Crippen LogP contribution is -2.39. The fourth-order valence-electron chi connectivity index (χ4n) is 3.28. The second-order valence-corrected chi connectivity index (χ2v) is 5.85. The lowest BCUT2D eigenvalue weighted by atomic mass is 10.1. The Labute approximate surface area is 126 Å². The van der Waals surface area contributed by atoms with Crippen molar-refractivity contribution in [1.29, 1.82) is 0 Å². The number of hydrogen-bond donors (Lipinski definition) is 1. The largest absolute Gasteiger partial charge is 0.381 e. The first-order chi connectivity index (χ1) is 10.7. The Bertz CT molecular complexity index is 801. The van der Waals surface area contributed by atoms with Crippen LogP contribution in [0.5, 0.6) is 0 Å². The van der Waals surface area contributed by atoms with E-state index in [9.17, 15) is 9.59 Å². The SMILES string of the molecule is CCc1cc2nc3c(c(=O)n2[nH]1)CN(C1CCOCC1)C3=O. The highest BCUT2D eigenvalue weighted by Gasteiger charge is 2.37. The van der Waals surface area contributed by atoms with Crippen molar-refractivity contribution in [3.8, 4) is 0 Å². The Hall–Kier alpha value is -2.15. The van der Waals surface area contributed by atoms with Crippen LogP contribution in [0.25, 0.3) is 5.65 Å². The van der Waals surface area contributed by atoms with Crippen LogP contribution < -0.4 is 5.56 Å². The van der Waals surface area contributed by atoms with E-state index in [1.165, 1.54) is 4.52 Å². The van der Waals surface area contributed by atoms with Crippen molar-refractivity contribution in [2.24, 2.45) is 0 Å². The highest BCUT2D eigenvalue weighted by molar-refractivity contribution is 5.97. The number of ether oxygens (including phenoxy) is 1. The molecule has 2 aliphatic heterocycles. The van der Waals surface area contributed by atoms with Crippen LogP contribution in [0.3, 0.4) is 0 Å². The summed E-state index contributed by atoms with van der Waals surface area (Å²) >= 11 is 0. The average molecular weight is 302 g/mol. The molecule has 2 aromatic heterocycles. The number of aromatic amines is 1. The van der Waals surface area contributed by atoms with Crippen molar-refractivity contribution in [2.75, 3.05) is 13.2 Å². The summed E-state index contributed by atoms with van der Waals surface area (Å²) in [5.74, 6) is -0.124. The molecule has 0 bridgehead atoms. The van der Waals surface area contributed by atoms with Gasteiger partial charge in [-0.25, -0.2) is 9.50 Å². The number of H-pyrrole nitrogens is 1. The first kappa shape index (κ1) is 13.5. The van der Waals surface area contributed by atoms with Crippen LogP contribution in [-0.4, -0.2) is 44.7 Å². The zero-order chi connectivity index (χ0) is 15.3. The number of carbonyl (C=O) groups excluding carboxylic acids is 1. The molecule has 1 N–H and O–H groups in total. The van der Waals surface area contributed by atoms with Crippen molar-refractivity contribution in [2.45, 2.75) is 38.8 Å². The molecular weight excluding hydrogens is 284 g/mol. The highest BCUT2D eigenvalue weighted by atomic mass is 16.5. The molecule has 0 radical (unpaired) electrons. The molecule has 4 rings (SSSR count). The fourth-order valence-corrected chi connectivity index (χ4v) is 3.28. The number of fused-ring (bicyclic) bond motifs is 2. The van der Waals surface area contributed by atoms with E-state index in [1.807, 2.05) is 13.0 Å². The van der Waals surface area contributed by atoms with Gasteiger partial charge < -0.3 is 9.64 Å². The molecule has 0 spiro atoms. The predicted molar refractivity (Wildman–Crippen MR) is 78.9 cm³/mol. The minimum atomic E-state index is -0.164. The second kappa shape index (κ2) is 4.95. The molecule has 2 aromatic rings. The molecule has 1 amide bonds. The number of amides is 1. The van der Waals surface area contributed by atoms with Crippen LogP contribution in [0, 0.1) is 0 Å². The lowest BCUT2D eigenvalue weighted by molar-refractivity contribution is 0.0301. The van der Waals surface area contributed by atoms with E-state index >= 15 is 0 Å². The van der Waals surface area contributed by atoms with Crippen LogP contribution in [-0.2, 0) is 17.7 Å². The molecule has 22 heavy (non-hydrogen) atoms. The summed E-state index contributed by atoms with van der Waals surface area (Å²) < 4.78 is 6.79. The smallest absolute Gasteiger partial charge is 0.278 e. The maximum Gasteiger partial charge on any atom is 0.278 e. The van der Waals surface area contributed by atoms with Gasteiger partial charge in [-0.15, -0.1) is 0 Å². The van der Waals surface area contributed by atoms with Gasteiger partial charge in [0, 0.05) is 31.0 Å². The quantitative estimate of drug-likeness (QED) is 0.886. The van der Waals surface area contributed by atoms with Crippen LogP contribution in [0.1, 0.15) is 41.5 Å². The van der Waals surface area contributed by atoms with Crippen LogP contribution in [0.2, 0.25) is 0 Å². The molecule has 7 heteroatoms. The van der Waals surface area contributed by atoms with E-state index in [1.54, 1.807) is 4.90 Å². The molecule has 7 nitrogen and oxygen atoms in total. The maximum atomic E-state index is 12.6. The van der Waals surface area contributed by atoms with Gasteiger partial charge in [0.1, 0.15) is 5.69 Å². The molecule has 2 aliphatic rings. The standard InChI is InChI=1S/C15H18N4O3/c1-2-9-7-12-16-13-11(14(20)19(12)17-9)8-18(15(13)21)10-3-5-22-6-4-10/h7,10,17H,2-6,8H2,1H3. The van der Waals surface area contributed by atoms with Crippen molar-refractivity contribution in [3.05, 3.63) is 33.4 Å². The highest BCUT2D eigenvalue weighted by Crippen LogP contribution is 2.25. The molecule has 1 fully saturated rings. The predicted octanol–water partition coefficient (Wildman–Crippen LogP) is 0.720. The Balaban J connectivity index is 1.77. The Kier molecular flexibility index (Phi) is 3.04.